The van der Waals surface area contributed by atoms with Crippen LogP contribution in [-0.4, -0.2) is 35.6 Å². The molecule has 0 fully saturated rings. The first kappa shape index (κ1) is 16.4. The molecule has 0 aliphatic heterocycles. The summed E-state index contributed by atoms with van der Waals surface area (Å²) in [5.41, 5.74) is 8.58. The molecule has 3 aromatic rings. The van der Waals surface area contributed by atoms with Crippen LogP contribution in [0.5, 0.6) is 5.75 Å². The van der Waals surface area contributed by atoms with Crippen LogP contribution < -0.4 is 10.5 Å². The predicted octanol–water partition coefficient (Wildman–Crippen LogP) is 2.45. The van der Waals surface area contributed by atoms with Gasteiger partial charge in [-0.05, 0) is 36.4 Å². The molecule has 0 atom stereocenters. The molecule has 0 radical (unpaired) electrons. The smallest absolute Gasteiger partial charge is 0.239 e. The molecule has 3 rings (SSSR count). The molecule has 1 heterocycles. The molecular weight excluding hydrogens is 316 g/mol. The zero-order valence-electron chi connectivity index (χ0n) is 13.8. The van der Waals surface area contributed by atoms with Gasteiger partial charge < -0.3 is 10.5 Å². The Bertz CT molecular complexity index is 884. The van der Waals surface area contributed by atoms with Crippen molar-refractivity contribution in [2.45, 2.75) is 0 Å². The van der Waals surface area contributed by atoms with Gasteiger partial charge in [0.2, 0.25) is 5.91 Å². The standard InChI is InChI=1S/C19H18N4O2/c1-25-17-9-7-14(8-10-17)19-15(11-21-12-18(20)24)13-23(22-19)16-5-3-2-4-6-16/h2-11,13H,12H2,1H3,(H2,20,24). The number of carbonyl (C=O) groups is 1. The molecule has 2 N–H and O–H groups in total. The Balaban J connectivity index is 2.02. The van der Waals surface area contributed by atoms with Gasteiger partial charge in [0.15, 0.2) is 0 Å². The molecule has 0 saturated heterocycles. The van der Waals surface area contributed by atoms with Gasteiger partial charge in [-0.3, -0.25) is 9.79 Å². The third-order valence-electron chi connectivity index (χ3n) is 3.60. The number of carbonyl (C=O) groups excluding carboxylic acids is 1. The van der Waals surface area contributed by atoms with E-state index in [0.717, 1.165) is 28.3 Å². The minimum Gasteiger partial charge on any atom is -0.497 e. The van der Waals surface area contributed by atoms with Crippen molar-refractivity contribution in [1.29, 1.82) is 0 Å². The van der Waals surface area contributed by atoms with E-state index in [-0.39, 0.29) is 6.54 Å². The molecule has 0 aliphatic carbocycles. The molecule has 1 amide bonds. The number of aliphatic imine (C=N–C) groups is 1. The van der Waals surface area contributed by atoms with Crippen molar-refractivity contribution in [1.82, 2.24) is 9.78 Å². The number of amides is 1. The summed E-state index contributed by atoms with van der Waals surface area (Å²) in [5, 5.41) is 4.67. The first-order chi connectivity index (χ1) is 12.2. The van der Waals surface area contributed by atoms with Gasteiger partial charge in [0.25, 0.3) is 0 Å². The average Bonchev–Trinajstić information content (AvgIpc) is 3.06. The fourth-order valence-corrected chi connectivity index (χ4v) is 2.40. The van der Waals surface area contributed by atoms with Gasteiger partial charge in [-0.1, -0.05) is 18.2 Å². The number of rotatable bonds is 6. The number of ether oxygens (including phenoxy) is 1. The Hall–Kier alpha value is -3.41. The maximum absolute atomic E-state index is 10.9. The highest BCUT2D eigenvalue weighted by molar-refractivity contribution is 5.90. The summed E-state index contributed by atoms with van der Waals surface area (Å²) in [6, 6.07) is 17.4. The SMILES string of the molecule is COc1ccc(-c2nn(-c3ccccc3)cc2C=NCC(N)=O)cc1. The van der Waals surface area contributed by atoms with Crippen LogP contribution in [0.3, 0.4) is 0 Å². The van der Waals surface area contributed by atoms with Crippen molar-refractivity contribution < 1.29 is 9.53 Å². The molecule has 25 heavy (non-hydrogen) atoms. The van der Waals surface area contributed by atoms with E-state index in [1.807, 2.05) is 60.8 Å². The highest BCUT2D eigenvalue weighted by Crippen LogP contribution is 2.24. The number of aromatic nitrogens is 2. The summed E-state index contributed by atoms with van der Waals surface area (Å²) in [6.45, 7) is -0.0570. The van der Waals surface area contributed by atoms with E-state index in [2.05, 4.69) is 10.1 Å². The Labute approximate surface area is 145 Å². The highest BCUT2D eigenvalue weighted by Gasteiger charge is 2.11. The molecule has 0 aliphatic rings. The van der Waals surface area contributed by atoms with Crippen molar-refractivity contribution in [2.75, 3.05) is 13.7 Å². The lowest BCUT2D eigenvalue weighted by Crippen LogP contribution is -2.14. The minimum absolute atomic E-state index is 0.0570. The molecule has 6 nitrogen and oxygen atoms in total. The molecule has 0 spiro atoms. The van der Waals surface area contributed by atoms with E-state index in [1.165, 1.54) is 0 Å². The van der Waals surface area contributed by atoms with Crippen molar-refractivity contribution >= 4 is 12.1 Å². The van der Waals surface area contributed by atoms with Crippen LogP contribution in [0.4, 0.5) is 0 Å². The minimum atomic E-state index is -0.474. The maximum Gasteiger partial charge on any atom is 0.239 e. The number of methoxy groups -OCH3 is 1. The second-order valence-corrected chi connectivity index (χ2v) is 5.38. The first-order valence-corrected chi connectivity index (χ1v) is 7.75. The lowest BCUT2D eigenvalue weighted by Gasteiger charge is -2.02. The predicted molar refractivity (Wildman–Crippen MR) is 97.2 cm³/mol. The zero-order valence-corrected chi connectivity index (χ0v) is 13.8. The Morgan fingerprint density at radius 1 is 1.20 bits per heavy atom. The number of primary amides is 1. The third kappa shape index (κ3) is 3.92. The van der Waals surface area contributed by atoms with Gasteiger partial charge in [0.05, 0.1) is 12.8 Å². The van der Waals surface area contributed by atoms with Crippen LogP contribution in [0.15, 0.2) is 65.8 Å². The topological polar surface area (TPSA) is 82.5 Å². The van der Waals surface area contributed by atoms with Gasteiger partial charge >= 0.3 is 0 Å². The lowest BCUT2D eigenvalue weighted by molar-refractivity contribution is -0.116. The van der Waals surface area contributed by atoms with Crippen LogP contribution in [0, 0.1) is 0 Å². The molecule has 1 aromatic heterocycles. The summed E-state index contributed by atoms with van der Waals surface area (Å²) in [7, 11) is 1.63. The van der Waals surface area contributed by atoms with Crippen LogP contribution in [-0.2, 0) is 4.79 Å². The fourth-order valence-electron chi connectivity index (χ4n) is 2.40. The zero-order chi connectivity index (χ0) is 17.6. The van der Waals surface area contributed by atoms with Gasteiger partial charge in [-0.15, -0.1) is 0 Å². The summed E-state index contributed by atoms with van der Waals surface area (Å²) in [5.74, 6) is 0.299. The lowest BCUT2D eigenvalue weighted by atomic mass is 10.1. The summed E-state index contributed by atoms with van der Waals surface area (Å²) in [6.07, 6.45) is 3.50. The van der Waals surface area contributed by atoms with Gasteiger partial charge in [0, 0.05) is 23.5 Å². The van der Waals surface area contributed by atoms with Crippen molar-refractivity contribution in [2.24, 2.45) is 10.7 Å². The number of hydrogen-bond acceptors (Lipinski definition) is 4. The fraction of sp³-hybridized carbons (Fsp3) is 0.105. The number of nitrogens with two attached hydrogens (primary N) is 1. The van der Waals surface area contributed by atoms with Crippen LogP contribution >= 0.6 is 0 Å². The number of para-hydroxylation sites is 1. The van der Waals surface area contributed by atoms with Crippen LogP contribution in [0.1, 0.15) is 5.56 Å². The van der Waals surface area contributed by atoms with E-state index in [1.54, 1.807) is 18.0 Å². The molecule has 0 unspecified atom stereocenters. The average molecular weight is 334 g/mol. The first-order valence-electron chi connectivity index (χ1n) is 7.75. The maximum atomic E-state index is 10.9. The van der Waals surface area contributed by atoms with E-state index < -0.39 is 5.91 Å². The molecule has 126 valence electrons. The normalized spacial score (nSPS) is 10.9. The van der Waals surface area contributed by atoms with Gasteiger partial charge in [0.1, 0.15) is 18.0 Å². The highest BCUT2D eigenvalue weighted by atomic mass is 16.5. The van der Waals surface area contributed by atoms with Gasteiger partial charge in [-0.2, -0.15) is 5.10 Å². The summed E-state index contributed by atoms with van der Waals surface area (Å²) >= 11 is 0. The quantitative estimate of drug-likeness (QED) is 0.703. The molecule has 0 saturated carbocycles. The second-order valence-electron chi connectivity index (χ2n) is 5.38. The van der Waals surface area contributed by atoms with Crippen molar-refractivity contribution in [3.63, 3.8) is 0 Å². The Kier molecular flexibility index (Phi) is 4.89. The number of hydrogen-bond donors (Lipinski definition) is 1. The number of benzene rings is 2. The largest absolute Gasteiger partial charge is 0.497 e. The molecule has 0 bridgehead atoms. The Morgan fingerprint density at radius 3 is 2.56 bits per heavy atom. The third-order valence-corrected chi connectivity index (χ3v) is 3.60. The van der Waals surface area contributed by atoms with Crippen LogP contribution in [0.25, 0.3) is 16.9 Å². The van der Waals surface area contributed by atoms with E-state index in [9.17, 15) is 4.79 Å². The summed E-state index contributed by atoms with van der Waals surface area (Å²) < 4.78 is 6.98. The van der Waals surface area contributed by atoms with Crippen molar-refractivity contribution in [3.05, 3.63) is 66.4 Å². The Morgan fingerprint density at radius 2 is 1.92 bits per heavy atom. The molecule has 6 heteroatoms. The molecule has 2 aromatic carbocycles. The van der Waals surface area contributed by atoms with Crippen molar-refractivity contribution in [3.8, 4) is 22.7 Å². The second kappa shape index (κ2) is 7.44. The summed E-state index contributed by atoms with van der Waals surface area (Å²) in [4.78, 5) is 15.0. The van der Waals surface area contributed by atoms with E-state index in [0.29, 0.717) is 0 Å². The van der Waals surface area contributed by atoms with E-state index >= 15 is 0 Å². The number of nitrogens with zero attached hydrogens (tertiary/aromatic N) is 3. The van der Waals surface area contributed by atoms with Crippen LogP contribution in [0.2, 0.25) is 0 Å². The molecular formula is C19H18N4O2. The monoisotopic (exact) mass is 334 g/mol. The van der Waals surface area contributed by atoms with Gasteiger partial charge in [-0.25, -0.2) is 4.68 Å². The van der Waals surface area contributed by atoms with E-state index in [4.69, 9.17) is 10.5 Å².